The summed E-state index contributed by atoms with van der Waals surface area (Å²) in [7, 11) is 3.07. The second-order valence-corrected chi connectivity index (χ2v) is 7.26. The van der Waals surface area contributed by atoms with Crippen LogP contribution < -0.4 is 20.8 Å². The van der Waals surface area contributed by atoms with Crippen LogP contribution in [0, 0.1) is 0 Å². The van der Waals surface area contributed by atoms with Crippen molar-refractivity contribution in [3.05, 3.63) is 63.6 Å². The largest absolute Gasteiger partial charge is 0.497 e. The number of rotatable bonds is 6. The van der Waals surface area contributed by atoms with Gasteiger partial charge in [0.25, 0.3) is 11.8 Å². The monoisotopic (exact) mass is 397 g/mol. The molecule has 1 aliphatic carbocycles. The topological polar surface area (TPSA) is 89.4 Å². The number of nitrogens with one attached hydrogen (secondary N) is 2. The van der Waals surface area contributed by atoms with Crippen molar-refractivity contribution in [2.45, 2.75) is 44.7 Å². The Morgan fingerprint density at radius 2 is 1.66 bits per heavy atom. The number of carbonyl (C=O) groups is 2. The zero-order valence-corrected chi connectivity index (χ0v) is 16.9. The van der Waals surface area contributed by atoms with E-state index in [0.29, 0.717) is 0 Å². The van der Waals surface area contributed by atoms with Crippen molar-refractivity contribution in [1.82, 2.24) is 15.2 Å². The Balaban J connectivity index is 1.85. The summed E-state index contributed by atoms with van der Waals surface area (Å²) in [5, 5.41) is 5.27. The van der Waals surface area contributed by atoms with Crippen molar-refractivity contribution >= 4 is 11.8 Å². The van der Waals surface area contributed by atoms with E-state index in [9.17, 15) is 14.4 Å². The Morgan fingerprint density at radius 1 is 1.03 bits per heavy atom. The van der Waals surface area contributed by atoms with Crippen LogP contribution in [0.25, 0.3) is 0 Å². The predicted molar refractivity (Wildman–Crippen MR) is 110 cm³/mol. The molecule has 7 heteroatoms. The van der Waals surface area contributed by atoms with Crippen molar-refractivity contribution < 1.29 is 14.3 Å². The Bertz CT molecular complexity index is 928. The first-order valence-corrected chi connectivity index (χ1v) is 9.92. The number of nitrogens with zero attached hydrogens (tertiary/aromatic N) is 1. The standard InChI is InChI=1S/C22H27N3O4/c1-23-21(27)18-13-25(16-6-4-3-5-7-16)14-19(20(18)26)22(28)24-12-15-8-10-17(29-2)11-9-15/h8-11,13-14,16H,3-7,12H2,1-2H3,(H,23,27)(H,24,28). The van der Waals surface area contributed by atoms with Gasteiger partial charge in [-0.25, -0.2) is 0 Å². The van der Waals surface area contributed by atoms with Crippen molar-refractivity contribution in [3.8, 4) is 5.75 Å². The molecule has 154 valence electrons. The maximum Gasteiger partial charge on any atom is 0.257 e. The van der Waals surface area contributed by atoms with Crippen LogP contribution >= 0.6 is 0 Å². The molecule has 1 fully saturated rings. The second kappa shape index (κ2) is 9.41. The summed E-state index contributed by atoms with van der Waals surface area (Å²) in [6.07, 6.45) is 8.52. The highest BCUT2D eigenvalue weighted by Crippen LogP contribution is 2.28. The van der Waals surface area contributed by atoms with E-state index in [0.717, 1.165) is 37.0 Å². The first-order chi connectivity index (χ1) is 14.0. The minimum absolute atomic E-state index is 0.00447. The zero-order chi connectivity index (χ0) is 20.8. The molecule has 2 aromatic rings. The van der Waals surface area contributed by atoms with Gasteiger partial charge in [-0.3, -0.25) is 14.4 Å². The first kappa shape index (κ1) is 20.6. The van der Waals surface area contributed by atoms with Gasteiger partial charge in [-0.1, -0.05) is 31.4 Å². The molecule has 1 aliphatic rings. The van der Waals surface area contributed by atoms with E-state index in [1.807, 2.05) is 28.8 Å². The second-order valence-electron chi connectivity index (χ2n) is 7.26. The molecular formula is C22H27N3O4. The quantitative estimate of drug-likeness (QED) is 0.784. The van der Waals surface area contributed by atoms with E-state index in [-0.39, 0.29) is 23.7 Å². The van der Waals surface area contributed by atoms with Crippen molar-refractivity contribution in [1.29, 1.82) is 0 Å². The summed E-state index contributed by atoms with van der Waals surface area (Å²) in [6.45, 7) is 0.274. The van der Waals surface area contributed by atoms with Crippen LogP contribution in [-0.2, 0) is 6.54 Å². The summed E-state index contributed by atoms with van der Waals surface area (Å²) in [6, 6.07) is 7.51. The van der Waals surface area contributed by atoms with E-state index in [1.54, 1.807) is 19.5 Å². The lowest BCUT2D eigenvalue weighted by Gasteiger charge is -2.25. The summed E-state index contributed by atoms with van der Waals surface area (Å²) >= 11 is 0. The third-order valence-electron chi connectivity index (χ3n) is 5.37. The Kier molecular flexibility index (Phi) is 6.69. The summed E-state index contributed by atoms with van der Waals surface area (Å²) < 4.78 is 7.00. The molecular weight excluding hydrogens is 370 g/mol. The minimum Gasteiger partial charge on any atom is -0.497 e. The van der Waals surface area contributed by atoms with Crippen molar-refractivity contribution in [2.75, 3.05) is 14.2 Å². The lowest BCUT2D eigenvalue weighted by molar-refractivity contribution is 0.0948. The van der Waals surface area contributed by atoms with Gasteiger partial charge in [0.15, 0.2) is 0 Å². The number of hydrogen-bond acceptors (Lipinski definition) is 4. The van der Waals surface area contributed by atoms with Gasteiger partial charge < -0.3 is 19.9 Å². The molecule has 0 saturated heterocycles. The van der Waals surface area contributed by atoms with Crippen LogP contribution in [0.2, 0.25) is 0 Å². The average molecular weight is 397 g/mol. The Morgan fingerprint density at radius 3 is 2.24 bits per heavy atom. The Hall–Kier alpha value is -3.09. The normalized spacial score (nSPS) is 14.3. The van der Waals surface area contributed by atoms with Gasteiger partial charge in [-0.05, 0) is 30.5 Å². The molecule has 1 aromatic heterocycles. The summed E-state index contributed by atoms with van der Waals surface area (Å²) in [5.41, 5.74) is 0.318. The number of methoxy groups -OCH3 is 1. The fourth-order valence-corrected chi connectivity index (χ4v) is 3.67. The minimum atomic E-state index is -0.552. The lowest BCUT2D eigenvalue weighted by Crippen LogP contribution is -2.35. The van der Waals surface area contributed by atoms with Crippen LogP contribution in [0.4, 0.5) is 0 Å². The molecule has 1 heterocycles. The molecule has 1 aromatic carbocycles. The summed E-state index contributed by atoms with van der Waals surface area (Å²) in [4.78, 5) is 37.8. The molecule has 2 N–H and O–H groups in total. The van der Waals surface area contributed by atoms with E-state index in [1.165, 1.54) is 13.5 Å². The fourth-order valence-electron chi connectivity index (χ4n) is 3.67. The maximum atomic E-state index is 12.8. The van der Waals surface area contributed by atoms with E-state index >= 15 is 0 Å². The highest BCUT2D eigenvalue weighted by molar-refractivity contribution is 5.99. The third kappa shape index (κ3) is 4.85. The van der Waals surface area contributed by atoms with Crippen LogP contribution in [-0.4, -0.2) is 30.5 Å². The number of benzene rings is 1. The maximum absolute atomic E-state index is 12.8. The molecule has 0 unspecified atom stereocenters. The molecule has 0 atom stereocenters. The molecule has 0 radical (unpaired) electrons. The predicted octanol–water partition coefficient (Wildman–Crippen LogP) is 2.65. The van der Waals surface area contributed by atoms with Gasteiger partial charge in [-0.15, -0.1) is 0 Å². The number of carbonyl (C=O) groups excluding carboxylic acids is 2. The van der Waals surface area contributed by atoms with Gasteiger partial charge in [0.05, 0.1) is 7.11 Å². The third-order valence-corrected chi connectivity index (χ3v) is 5.37. The van der Waals surface area contributed by atoms with Crippen LogP contribution in [0.15, 0.2) is 41.5 Å². The van der Waals surface area contributed by atoms with Gasteiger partial charge in [0.1, 0.15) is 16.9 Å². The molecule has 1 saturated carbocycles. The SMILES string of the molecule is CNC(=O)c1cn(C2CCCCC2)cc(C(=O)NCc2ccc(OC)cc2)c1=O. The van der Waals surface area contributed by atoms with Crippen LogP contribution in [0.1, 0.15) is 64.4 Å². The molecule has 29 heavy (non-hydrogen) atoms. The van der Waals surface area contributed by atoms with E-state index in [4.69, 9.17) is 4.74 Å². The molecule has 7 nitrogen and oxygen atoms in total. The smallest absolute Gasteiger partial charge is 0.257 e. The number of ether oxygens (including phenoxy) is 1. The lowest BCUT2D eigenvalue weighted by atomic mass is 9.95. The van der Waals surface area contributed by atoms with Crippen molar-refractivity contribution in [2.24, 2.45) is 0 Å². The van der Waals surface area contributed by atoms with Gasteiger partial charge in [0, 0.05) is 32.0 Å². The van der Waals surface area contributed by atoms with Crippen LogP contribution in [0.5, 0.6) is 5.75 Å². The first-order valence-electron chi connectivity index (χ1n) is 9.92. The highest BCUT2D eigenvalue weighted by Gasteiger charge is 2.22. The van der Waals surface area contributed by atoms with Crippen LogP contribution in [0.3, 0.4) is 0 Å². The van der Waals surface area contributed by atoms with Crippen molar-refractivity contribution in [3.63, 3.8) is 0 Å². The number of amides is 2. The van der Waals surface area contributed by atoms with Gasteiger partial charge in [0.2, 0.25) is 5.43 Å². The summed E-state index contributed by atoms with van der Waals surface area (Å²) in [5.74, 6) is -0.237. The van der Waals surface area contributed by atoms with E-state index in [2.05, 4.69) is 10.6 Å². The molecule has 0 spiro atoms. The van der Waals surface area contributed by atoms with Gasteiger partial charge >= 0.3 is 0 Å². The highest BCUT2D eigenvalue weighted by atomic mass is 16.5. The molecule has 0 aliphatic heterocycles. The van der Waals surface area contributed by atoms with Gasteiger partial charge in [-0.2, -0.15) is 0 Å². The molecule has 0 bridgehead atoms. The molecule has 3 rings (SSSR count). The number of hydrogen-bond donors (Lipinski definition) is 2. The van der Waals surface area contributed by atoms with E-state index < -0.39 is 17.2 Å². The average Bonchev–Trinajstić information content (AvgIpc) is 2.78. The number of aromatic nitrogens is 1. The Labute approximate surface area is 170 Å². The fraction of sp³-hybridized carbons (Fsp3) is 0.409. The zero-order valence-electron chi connectivity index (χ0n) is 16.9. The number of pyridine rings is 1. The molecule has 2 amide bonds.